The normalized spacial score (nSPS) is 13.6. The zero-order valence-electron chi connectivity index (χ0n) is 14.1. The van der Waals surface area contributed by atoms with Crippen molar-refractivity contribution in [3.63, 3.8) is 0 Å². The lowest BCUT2D eigenvalue weighted by Gasteiger charge is -2.15. The van der Waals surface area contributed by atoms with Gasteiger partial charge in [-0.1, -0.05) is 13.8 Å². The Morgan fingerprint density at radius 3 is 2.32 bits per heavy atom. The van der Waals surface area contributed by atoms with Crippen molar-refractivity contribution in [2.75, 3.05) is 18.3 Å². The summed E-state index contributed by atoms with van der Waals surface area (Å²) >= 11 is 6.92. The van der Waals surface area contributed by atoms with E-state index in [0.29, 0.717) is 26.1 Å². The molecule has 0 heterocycles. The molecule has 0 aliphatic carbocycles. The molecule has 136 valence electrons. The van der Waals surface area contributed by atoms with Gasteiger partial charge in [0, 0.05) is 17.9 Å². The largest absolute Gasteiger partial charge is 0.508 e. The molecule has 0 aliphatic rings. The van der Waals surface area contributed by atoms with Gasteiger partial charge < -0.3 is 20.1 Å². The molecule has 1 atom stereocenters. The van der Waals surface area contributed by atoms with Crippen molar-refractivity contribution in [1.29, 1.82) is 0 Å². The molecule has 0 aromatic heterocycles. The minimum atomic E-state index is -3.14. The van der Waals surface area contributed by atoms with Gasteiger partial charge in [-0.15, -0.1) is 0 Å². The van der Waals surface area contributed by atoms with E-state index >= 15 is 0 Å². The average Bonchev–Trinajstić information content (AvgIpc) is 2.49. The molecule has 8 heteroatoms. The highest BCUT2D eigenvalue weighted by atomic mass is 79.9. The lowest BCUT2D eigenvalue weighted by atomic mass is 10.0. The molecule has 0 radical (unpaired) electrons. The number of ether oxygens (including phenoxy) is 1. The van der Waals surface area contributed by atoms with E-state index in [2.05, 4.69) is 37.2 Å². The predicted octanol–water partition coefficient (Wildman–Crippen LogP) is 6.10. The molecule has 5 nitrogen and oxygen atoms in total. The smallest absolute Gasteiger partial charge is 0.216 e. The molecule has 25 heavy (non-hydrogen) atoms. The minimum Gasteiger partial charge on any atom is -0.508 e. The average molecular weight is 493 g/mol. The topological polar surface area (TPSA) is 78.8 Å². The summed E-state index contributed by atoms with van der Waals surface area (Å²) in [6.45, 7) is 5.30. The Hall–Kier alpha value is -1.01. The molecule has 0 saturated heterocycles. The minimum absolute atomic E-state index is 0.0121. The first-order chi connectivity index (χ1) is 11.6. The van der Waals surface area contributed by atoms with Crippen LogP contribution >= 0.6 is 39.2 Å². The van der Waals surface area contributed by atoms with Crippen LogP contribution in [0.2, 0.25) is 0 Å². The number of halogens is 2. The van der Waals surface area contributed by atoms with Gasteiger partial charge in [0.25, 0.3) is 0 Å². The molecule has 2 aromatic carbocycles. The van der Waals surface area contributed by atoms with E-state index in [1.807, 2.05) is 19.9 Å². The van der Waals surface area contributed by atoms with Gasteiger partial charge in [-0.25, -0.2) is 0 Å². The second-order valence-corrected chi connectivity index (χ2v) is 10.3. The van der Waals surface area contributed by atoms with Crippen molar-refractivity contribution < 1.29 is 19.3 Å². The number of anilines is 1. The van der Waals surface area contributed by atoms with E-state index in [4.69, 9.17) is 4.74 Å². The van der Waals surface area contributed by atoms with Crippen LogP contribution in [0.1, 0.15) is 25.3 Å². The molecule has 0 fully saturated rings. The molecule has 0 aliphatic heterocycles. The van der Waals surface area contributed by atoms with E-state index in [1.54, 1.807) is 24.3 Å². The second-order valence-electron chi connectivity index (χ2n) is 6.13. The summed E-state index contributed by atoms with van der Waals surface area (Å²) in [5.74, 6) is 1.60. The first-order valence-electron chi connectivity index (χ1n) is 7.60. The van der Waals surface area contributed by atoms with Gasteiger partial charge in [-0.2, -0.15) is 0 Å². The summed E-state index contributed by atoms with van der Waals surface area (Å²) in [7, 11) is -3.14. The Morgan fingerprint density at radius 1 is 1.20 bits per heavy atom. The molecule has 2 aromatic rings. The van der Waals surface area contributed by atoms with Crippen molar-refractivity contribution in [3.8, 4) is 17.2 Å². The lowest BCUT2D eigenvalue weighted by molar-refractivity contribution is 0.453. The highest BCUT2D eigenvalue weighted by Crippen LogP contribution is 2.41. The van der Waals surface area contributed by atoms with Crippen LogP contribution < -0.4 is 10.1 Å². The zero-order valence-corrected chi connectivity index (χ0v) is 18.2. The molecular formula is C17H20Br2NO4P. The van der Waals surface area contributed by atoms with Gasteiger partial charge in [-0.3, -0.25) is 4.57 Å². The van der Waals surface area contributed by atoms with Crippen LogP contribution in [0.25, 0.3) is 0 Å². The number of hydrogen-bond acceptors (Lipinski definition) is 4. The number of benzene rings is 2. The highest BCUT2D eigenvalue weighted by molar-refractivity contribution is 9.11. The Morgan fingerprint density at radius 2 is 1.80 bits per heavy atom. The first-order valence-corrected chi connectivity index (χ1v) is 11.5. The van der Waals surface area contributed by atoms with E-state index in [-0.39, 0.29) is 18.0 Å². The predicted molar refractivity (Wildman–Crippen MR) is 108 cm³/mol. The lowest BCUT2D eigenvalue weighted by Crippen LogP contribution is -2.02. The molecule has 1 unspecified atom stereocenters. The van der Waals surface area contributed by atoms with E-state index < -0.39 is 7.37 Å². The van der Waals surface area contributed by atoms with Crippen molar-refractivity contribution in [3.05, 3.63) is 44.8 Å². The highest BCUT2D eigenvalue weighted by Gasteiger charge is 2.14. The van der Waals surface area contributed by atoms with Crippen LogP contribution in [0, 0.1) is 0 Å². The maximum Gasteiger partial charge on any atom is 0.216 e. The number of rotatable bonds is 6. The van der Waals surface area contributed by atoms with Crippen molar-refractivity contribution in [2.45, 2.75) is 19.8 Å². The Kier molecular flexibility index (Phi) is 6.60. The van der Waals surface area contributed by atoms with Crippen molar-refractivity contribution >= 4 is 44.9 Å². The maximum absolute atomic E-state index is 11.4. The third-order valence-corrected chi connectivity index (χ3v) is 5.34. The van der Waals surface area contributed by atoms with Gasteiger partial charge in [0.15, 0.2) is 5.75 Å². The summed E-state index contributed by atoms with van der Waals surface area (Å²) in [6, 6.07) is 8.68. The summed E-state index contributed by atoms with van der Waals surface area (Å²) < 4.78 is 18.7. The van der Waals surface area contributed by atoms with Crippen LogP contribution in [-0.2, 0) is 4.57 Å². The molecule has 3 N–H and O–H groups in total. The van der Waals surface area contributed by atoms with Crippen LogP contribution in [0.5, 0.6) is 17.2 Å². The Bertz CT molecular complexity index is 797. The summed E-state index contributed by atoms with van der Waals surface area (Å²) in [5.41, 5.74) is 1.50. The standard InChI is InChI=1S/C17H20Br2NO4P/c1-10(2)13-8-12(4-5-16(13)21)24-17-14(18)6-11(7-15(17)19)20-9-25(3,22)23/h4-8,10,20-21H,9H2,1-3H3,(H,22,23). The molecule has 0 spiro atoms. The van der Waals surface area contributed by atoms with Gasteiger partial charge in [0.2, 0.25) is 7.37 Å². The number of phenolic OH excluding ortho intramolecular Hbond substituents is 1. The third-order valence-electron chi connectivity index (χ3n) is 3.42. The molecule has 0 bridgehead atoms. The van der Waals surface area contributed by atoms with Crippen LogP contribution in [-0.4, -0.2) is 23.0 Å². The number of nitrogens with one attached hydrogen (secondary N) is 1. The van der Waals surface area contributed by atoms with Gasteiger partial charge in [0.1, 0.15) is 11.5 Å². The maximum atomic E-state index is 11.4. The van der Waals surface area contributed by atoms with E-state index in [1.165, 1.54) is 6.66 Å². The number of phenols is 1. The molecule has 2 rings (SSSR count). The van der Waals surface area contributed by atoms with Gasteiger partial charge >= 0.3 is 0 Å². The molecule has 0 saturated carbocycles. The molecular weight excluding hydrogens is 473 g/mol. The zero-order chi connectivity index (χ0) is 18.8. The van der Waals surface area contributed by atoms with Crippen LogP contribution in [0.3, 0.4) is 0 Å². The van der Waals surface area contributed by atoms with Crippen LogP contribution in [0.4, 0.5) is 5.69 Å². The van der Waals surface area contributed by atoms with Gasteiger partial charge in [-0.05, 0) is 68.1 Å². The fourth-order valence-corrected chi connectivity index (χ4v) is 4.00. The SMILES string of the molecule is CC(C)c1cc(Oc2c(Br)cc(NCP(C)(=O)O)cc2Br)ccc1O. The van der Waals surface area contributed by atoms with Crippen LogP contribution in [0.15, 0.2) is 39.3 Å². The van der Waals surface area contributed by atoms with E-state index in [9.17, 15) is 14.6 Å². The third kappa shape index (κ3) is 5.74. The van der Waals surface area contributed by atoms with Crippen molar-refractivity contribution in [1.82, 2.24) is 0 Å². The first kappa shape index (κ1) is 20.3. The Balaban J connectivity index is 2.26. The van der Waals surface area contributed by atoms with Crippen molar-refractivity contribution in [2.24, 2.45) is 0 Å². The van der Waals surface area contributed by atoms with E-state index in [0.717, 1.165) is 5.56 Å². The second kappa shape index (κ2) is 8.12. The number of hydrogen-bond donors (Lipinski definition) is 3. The summed E-state index contributed by atoms with van der Waals surface area (Å²) in [4.78, 5) is 9.38. The summed E-state index contributed by atoms with van der Waals surface area (Å²) in [6.07, 6.45) is -0.0121. The summed E-state index contributed by atoms with van der Waals surface area (Å²) in [5, 5.41) is 12.8. The Labute approximate surface area is 164 Å². The quantitative estimate of drug-likeness (QED) is 0.424. The monoisotopic (exact) mass is 491 g/mol. The fourth-order valence-electron chi connectivity index (χ4n) is 2.17. The molecule has 0 amide bonds. The van der Waals surface area contributed by atoms with Gasteiger partial charge in [0.05, 0.1) is 15.2 Å². The number of aromatic hydroxyl groups is 1. The fraction of sp³-hybridized carbons (Fsp3) is 0.294.